The van der Waals surface area contributed by atoms with Crippen LogP contribution in [0.2, 0.25) is 0 Å². The van der Waals surface area contributed by atoms with Gasteiger partial charge >= 0.3 is 0 Å². The Labute approximate surface area is 127 Å². The summed E-state index contributed by atoms with van der Waals surface area (Å²) in [5.41, 5.74) is 6.09. The number of unbranched alkanes of at least 4 members (excludes halogenated alkanes) is 9. The smallest absolute Gasteiger partial charge is 0.0170 e. The second-order valence-electron chi connectivity index (χ2n) is 7.04. The minimum absolute atomic E-state index is 0.418. The summed E-state index contributed by atoms with van der Waals surface area (Å²) in [7, 11) is 0. The summed E-state index contributed by atoms with van der Waals surface area (Å²) < 4.78 is 0. The minimum atomic E-state index is 0.418. The van der Waals surface area contributed by atoms with Crippen molar-refractivity contribution in [3.8, 4) is 0 Å². The van der Waals surface area contributed by atoms with Gasteiger partial charge in [0, 0.05) is 19.1 Å². The molecule has 1 heterocycles. The van der Waals surface area contributed by atoms with Crippen molar-refractivity contribution in [1.82, 2.24) is 4.90 Å². The molecule has 1 fully saturated rings. The van der Waals surface area contributed by atoms with Crippen molar-refractivity contribution < 1.29 is 0 Å². The topological polar surface area (TPSA) is 29.3 Å². The lowest BCUT2D eigenvalue weighted by molar-refractivity contribution is 0.162. The van der Waals surface area contributed by atoms with Crippen molar-refractivity contribution in [3.05, 3.63) is 0 Å². The molecule has 0 amide bonds. The summed E-state index contributed by atoms with van der Waals surface area (Å²) >= 11 is 0. The lowest BCUT2D eigenvalue weighted by Crippen LogP contribution is -2.46. The number of nitrogens with two attached hydrogens (primary N) is 1. The summed E-state index contributed by atoms with van der Waals surface area (Å²) in [5.74, 6) is 0.793. The van der Waals surface area contributed by atoms with Crippen LogP contribution in [-0.4, -0.2) is 30.6 Å². The summed E-state index contributed by atoms with van der Waals surface area (Å²) in [6.07, 6.45) is 15.5. The molecule has 2 heteroatoms. The molecule has 2 atom stereocenters. The highest BCUT2D eigenvalue weighted by atomic mass is 15.1. The van der Waals surface area contributed by atoms with E-state index in [1.807, 2.05) is 0 Å². The highest BCUT2D eigenvalue weighted by Crippen LogP contribution is 2.16. The minimum Gasteiger partial charge on any atom is -0.327 e. The van der Waals surface area contributed by atoms with Crippen LogP contribution in [0.15, 0.2) is 0 Å². The normalized spacial score (nSPS) is 24.1. The first-order valence-electron chi connectivity index (χ1n) is 9.20. The predicted molar refractivity (Wildman–Crippen MR) is 90.0 cm³/mol. The number of piperidine rings is 1. The quantitative estimate of drug-likeness (QED) is 0.562. The monoisotopic (exact) mass is 282 g/mol. The summed E-state index contributed by atoms with van der Waals surface area (Å²) in [4.78, 5) is 2.59. The van der Waals surface area contributed by atoms with Crippen LogP contribution in [0.5, 0.6) is 0 Å². The molecule has 0 bridgehead atoms. The molecule has 1 aliphatic rings. The summed E-state index contributed by atoms with van der Waals surface area (Å²) in [6, 6.07) is 0.418. The molecule has 0 aliphatic carbocycles. The Kier molecular flexibility index (Phi) is 10.4. The van der Waals surface area contributed by atoms with Gasteiger partial charge in [0.15, 0.2) is 0 Å². The van der Waals surface area contributed by atoms with E-state index in [0.717, 1.165) is 12.5 Å². The Balaban J connectivity index is 1.85. The third-order valence-electron chi connectivity index (χ3n) is 4.60. The van der Waals surface area contributed by atoms with E-state index in [4.69, 9.17) is 5.73 Å². The summed E-state index contributed by atoms with van der Waals surface area (Å²) in [5, 5.41) is 0. The zero-order valence-corrected chi connectivity index (χ0v) is 14.1. The fourth-order valence-corrected chi connectivity index (χ4v) is 3.52. The molecule has 0 aromatic heterocycles. The second-order valence-corrected chi connectivity index (χ2v) is 7.04. The van der Waals surface area contributed by atoms with E-state index in [0.29, 0.717) is 6.04 Å². The van der Waals surface area contributed by atoms with Crippen molar-refractivity contribution in [1.29, 1.82) is 0 Å². The third-order valence-corrected chi connectivity index (χ3v) is 4.60. The first-order valence-corrected chi connectivity index (χ1v) is 9.20. The number of likely N-dealkylation sites (tertiary alicyclic amines) is 1. The van der Waals surface area contributed by atoms with Gasteiger partial charge in [0.2, 0.25) is 0 Å². The van der Waals surface area contributed by atoms with Crippen LogP contribution in [-0.2, 0) is 0 Å². The molecular formula is C18H38N2. The second kappa shape index (κ2) is 11.6. The Morgan fingerprint density at radius 1 is 0.850 bits per heavy atom. The Hall–Kier alpha value is -0.0800. The molecule has 2 N–H and O–H groups in total. The molecule has 1 saturated heterocycles. The van der Waals surface area contributed by atoms with Crippen LogP contribution in [0, 0.1) is 5.92 Å². The van der Waals surface area contributed by atoms with Crippen LogP contribution < -0.4 is 5.73 Å². The standard InChI is InChI=1S/C18H38N2/c1-3-4-5-6-7-8-9-10-11-12-13-20-15-17(2)14-18(19)16-20/h17-18H,3-16,19H2,1-2H3. The van der Waals surface area contributed by atoms with Crippen molar-refractivity contribution in [2.45, 2.75) is 90.5 Å². The maximum atomic E-state index is 6.09. The lowest BCUT2D eigenvalue weighted by atomic mass is 9.96. The predicted octanol–water partition coefficient (Wildman–Crippen LogP) is 4.58. The number of hydrogen-bond acceptors (Lipinski definition) is 2. The zero-order chi connectivity index (χ0) is 14.6. The number of hydrogen-bond donors (Lipinski definition) is 1. The Morgan fingerprint density at radius 3 is 1.95 bits per heavy atom. The molecule has 20 heavy (non-hydrogen) atoms. The average Bonchev–Trinajstić information content (AvgIpc) is 2.40. The number of rotatable bonds is 11. The molecule has 2 nitrogen and oxygen atoms in total. The molecule has 0 saturated carbocycles. The maximum absolute atomic E-state index is 6.09. The third kappa shape index (κ3) is 8.97. The molecule has 1 aliphatic heterocycles. The molecule has 1 rings (SSSR count). The van der Waals surface area contributed by atoms with Gasteiger partial charge in [0.1, 0.15) is 0 Å². The molecular weight excluding hydrogens is 244 g/mol. The average molecular weight is 283 g/mol. The van der Waals surface area contributed by atoms with Crippen LogP contribution in [0.3, 0.4) is 0 Å². The van der Waals surface area contributed by atoms with Gasteiger partial charge in [-0.15, -0.1) is 0 Å². The van der Waals surface area contributed by atoms with Crippen molar-refractivity contribution in [3.63, 3.8) is 0 Å². The SMILES string of the molecule is CCCCCCCCCCCCN1CC(C)CC(N)C1. The Morgan fingerprint density at radius 2 is 1.40 bits per heavy atom. The fourth-order valence-electron chi connectivity index (χ4n) is 3.52. The van der Waals surface area contributed by atoms with Gasteiger partial charge < -0.3 is 10.6 Å². The van der Waals surface area contributed by atoms with Crippen molar-refractivity contribution in [2.24, 2.45) is 11.7 Å². The van der Waals surface area contributed by atoms with E-state index in [9.17, 15) is 0 Å². The first-order chi connectivity index (χ1) is 9.72. The van der Waals surface area contributed by atoms with Crippen molar-refractivity contribution >= 4 is 0 Å². The summed E-state index contributed by atoms with van der Waals surface area (Å²) in [6.45, 7) is 8.29. The Bertz CT molecular complexity index is 207. The van der Waals surface area contributed by atoms with Gasteiger partial charge in [0.25, 0.3) is 0 Å². The van der Waals surface area contributed by atoms with E-state index < -0.39 is 0 Å². The van der Waals surface area contributed by atoms with Gasteiger partial charge in [-0.1, -0.05) is 71.6 Å². The molecule has 0 aromatic carbocycles. The first kappa shape index (κ1) is 18.0. The molecule has 0 aromatic rings. The van der Waals surface area contributed by atoms with E-state index >= 15 is 0 Å². The van der Waals surface area contributed by atoms with Crippen LogP contribution in [0.4, 0.5) is 0 Å². The lowest BCUT2D eigenvalue weighted by Gasteiger charge is -2.34. The maximum Gasteiger partial charge on any atom is 0.0170 e. The van der Waals surface area contributed by atoms with Crippen LogP contribution in [0.1, 0.15) is 84.5 Å². The van der Waals surface area contributed by atoms with Crippen LogP contribution >= 0.6 is 0 Å². The van der Waals surface area contributed by atoms with E-state index in [1.165, 1.54) is 83.7 Å². The molecule has 2 unspecified atom stereocenters. The van der Waals surface area contributed by atoms with Gasteiger partial charge in [-0.3, -0.25) is 0 Å². The van der Waals surface area contributed by atoms with E-state index in [-0.39, 0.29) is 0 Å². The highest BCUT2D eigenvalue weighted by molar-refractivity contribution is 4.78. The van der Waals surface area contributed by atoms with Gasteiger partial charge in [-0.05, 0) is 25.3 Å². The molecule has 0 spiro atoms. The van der Waals surface area contributed by atoms with Gasteiger partial charge in [-0.2, -0.15) is 0 Å². The van der Waals surface area contributed by atoms with Crippen LogP contribution in [0.25, 0.3) is 0 Å². The highest BCUT2D eigenvalue weighted by Gasteiger charge is 2.21. The van der Waals surface area contributed by atoms with Gasteiger partial charge in [-0.25, -0.2) is 0 Å². The largest absolute Gasteiger partial charge is 0.327 e. The van der Waals surface area contributed by atoms with E-state index in [1.54, 1.807) is 0 Å². The van der Waals surface area contributed by atoms with Crippen molar-refractivity contribution in [2.75, 3.05) is 19.6 Å². The van der Waals surface area contributed by atoms with E-state index in [2.05, 4.69) is 18.7 Å². The zero-order valence-electron chi connectivity index (χ0n) is 14.1. The van der Waals surface area contributed by atoms with Gasteiger partial charge in [0.05, 0.1) is 0 Å². The fraction of sp³-hybridized carbons (Fsp3) is 1.00. The number of nitrogens with zero attached hydrogens (tertiary/aromatic N) is 1. The molecule has 120 valence electrons. The molecule has 0 radical (unpaired) electrons.